The van der Waals surface area contributed by atoms with E-state index in [1.807, 2.05) is 41.5 Å². The number of hydrogen-bond donors (Lipinski definition) is 0. The zero-order valence-electron chi connectivity index (χ0n) is 27.2. The van der Waals surface area contributed by atoms with Gasteiger partial charge in [0.05, 0.1) is 13.2 Å². The molecular weight excluding hydrogens is 655 g/mol. The number of rotatable bonds is 8. The van der Waals surface area contributed by atoms with Crippen molar-refractivity contribution in [3.05, 3.63) is 0 Å². The summed E-state index contributed by atoms with van der Waals surface area (Å²) in [6.45, 7) is 16.5. The van der Waals surface area contributed by atoms with Gasteiger partial charge in [-0.25, -0.2) is 9.59 Å². The van der Waals surface area contributed by atoms with E-state index in [9.17, 15) is 29.4 Å². The number of esters is 2. The number of nitrogens with zero attached hydrogens (tertiary/aromatic N) is 2. The van der Waals surface area contributed by atoms with E-state index in [2.05, 4.69) is 0 Å². The molecule has 0 N–H and O–H groups in total. The van der Waals surface area contributed by atoms with Gasteiger partial charge in [-0.1, -0.05) is 12.8 Å². The van der Waals surface area contributed by atoms with Crippen LogP contribution in [0.5, 0.6) is 0 Å². The summed E-state index contributed by atoms with van der Waals surface area (Å²) in [5.41, 5.74) is -3.36. The second-order valence-electron chi connectivity index (χ2n) is 12.9. The Labute approximate surface area is 270 Å². The van der Waals surface area contributed by atoms with Crippen molar-refractivity contribution in [3.63, 3.8) is 0 Å². The molecule has 0 radical (unpaired) electrons. The zero-order valence-corrected chi connectivity index (χ0v) is 28.7. The smallest absolute Gasteiger partial charge is 0.849 e. The maximum absolute atomic E-state index is 12.5. The van der Waals surface area contributed by atoms with Crippen molar-refractivity contribution in [2.24, 2.45) is 0 Å². The normalized spacial score (nSPS) is 17.8. The Morgan fingerprint density at radius 3 is 1.14 bits per heavy atom. The molecule has 2 heterocycles. The Bertz CT molecular complexity index is 812. The van der Waals surface area contributed by atoms with E-state index in [-0.39, 0.29) is 70.2 Å². The summed E-state index contributed by atoms with van der Waals surface area (Å²) in [6, 6.07) is 0. The molecule has 0 saturated carbocycles. The van der Waals surface area contributed by atoms with E-state index in [0.717, 1.165) is 0 Å². The molecule has 0 atom stereocenters. The minimum absolute atomic E-state index is 0. The second kappa shape index (κ2) is 18.1. The second-order valence-corrected chi connectivity index (χ2v) is 12.9. The summed E-state index contributed by atoms with van der Waals surface area (Å²) in [5, 5.41) is 25.0. The molecule has 252 valence electrons. The van der Waals surface area contributed by atoms with E-state index >= 15 is 0 Å². The Hall–Kier alpha value is -1.94. The zero-order chi connectivity index (χ0) is 32.2. The van der Waals surface area contributed by atoms with Crippen LogP contribution in [0.4, 0.5) is 9.59 Å². The van der Waals surface area contributed by atoms with Crippen LogP contribution in [0.1, 0.15) is 107 Å². The Morgan fingerprint density at radius 2 is 0.907 bits per heavy atom. The van der Waals surface area contributed by atoms with Crippen LogP contribution in [0.3, 0.4) is 0 Å². The van der Waals surface area contributed by atoms with Gasteiger partial charge in [-0.3, -0.25) is 9.59 Å². The van der Waals surface area contributed by atoms with Gasteiger partial charge in [-0.05, 0) is 81.1 Å². The maximum atomic E-state index is 12.5. The summed E-state index contributed by atoms with van der Waals surface area (Å²) < 4.78 is 20.2. The van der Waals surface area contributed by atoms with Crippen LogP contribution in [0.2, 0.25) is 0 Å². The van der Waals surface area contributed by atoms with Crippen molar-refractivity contribution in [2.45, 2.75) is 129 Å². The van der Waals surface area contributed by atoms with Crippen LogP contribution < -0.4 is 10.2 Å². The largest absolute Gasteiger partial charge is 2.00 e. The van der Waals surface area contributed by atoms with Crippen molar-refractivity contribution in [1.29, 1.82) is 0 Å². The van der Waals surface area contributed by atoms with E-state index in [1.54, 1.807) is 23.6 Å². The number of piperidine rings is 2. The van der Waals surface area contributed by atoms with Crippen LogP contribution in [-0.2, 0) is 49.0 Å². The minimum Gasteiger partial charge on any atom is -0.849 e. The molecule has 0 aliphatic carbocycles. The fourth-order valence-corrected chi connectivity index (χ4v) is 4.47. The number of ether oxygens (including phenoxy) is 4. The molecule has 2 aliphatic rings. The van der Waals surface area contributed by atoms with Gasteiger partial charge in [0.1, 0.15) is 11.2 Å². The predicted molar refractivity (Wildman–Crippen MR) is 151 cm³/mol. The molecule has 0 aromatic rings. The van der Waals surface area contributed by atoms with Gasteiger partial charge in [-0.2, -0.15) is 0 Å². The third-order valence-electron chi connectivity index (χ3n) is 6.83. The molecule has 0 aromatic carbocycles. The van der Waals surface area contributed by atoms with Crippen molar-refractivity contribution in [3.8, 4) is 0 Å². The van der Waals surface area contributed by atoms with Gasteiger partial charge in [0.15, 0.2) is 0 Å². The van der Waals surface area contributed by atoms with Gasteiger partial charge in [-0.15, -0.1) is 11.2 Å². The molecule has 0 aromatic heterocycles. The molecule has 2 amide bonds. The molecule has 0 spiro atoms. The first-order chi connectivity index (χ1) is 19.3. The standard InChI is InChI=1S/2C15H26NO5.Pd/c2*1-5-20-12(17)6-7-15(19)8-10-16(11-9-15)13(18)21-14(2,3)4;/h2*5-11H2,1-4H3;/q2*-1;+2. The summed E-state index contributed by atoms with van der Waals surface area (Å²) in [5.74, 6) is -0.662. The van der Waals surface area contributed by atoms with Gasteiger partial charge >= 0.3 is 44.5 Å². The monoisotopic (exact) mass is 706 g/mol. The van der Waals surface area contributed by atoms with E-state index in [4.69, 9.17) is 18.9 Å². The predicted octanol–water partition coefficient (Wildman–Crippen LogP) is 2.92. The molecule has 0 bridgehead atoms. The van der Waals surface area contributed by atoms with Crippen molar-refractivity contribution >= 4 is 24.1 Å². The Morgan fingerprint density at radius 1 is 0.628 bits per heavy atom. The van der Waals surface area contributed by atoms with E-state index in [1.165, 1.54) is 0 Å². The van der Waals surface area contributed by atoms with E-state index < -0.39 is 22.4 Å². The maximum Gasteiger partial charge on any atom is 2.00 e. The first-order valence-electron chi connectivity index (χ1n) is 15.0. The fourth-order valence-electron chi connectivity index (χ4n) is 4.47. The first kappa shape index (κ1) is 41.1. The summed E-state index contributed by atoms with van der Waals surface area (Å²) in [4.78, 5) is 49.6. The van der Waals surface area contributed by atoms with Crippen LogP contribution in [-0.4, -0.2) is 95.7 Å². The number of amides is 2. The molecule has 0 unspecified atom stereocenters. The van der Waals surface area contributed by atoms with E-state index in [0.29, 0.717) is 65.1 Å². The molecule has 13 heteroatoms. The summed E-state index contributed by atoms with van der Waals surface area (Å²) >= 11 is 0. The summed E-state index contributed by atoms with van der Waals surface area (Å²) in [6.07, 6.45) is 1.40. The SMILES string of the molecule is CCOC(=O)CCC1([O-])CCN(C(=O)OC(C)(C)C)CC1.CCOC(=O)CCC1([O-])CCN(C(=O)OC(C)(C)C)CC1.[Pd+2]. The number of hydrogen-bond acceptors (Lipinski definition) is 10. The van der Waals surface area contributed by atoms with Crippen molar-refractivity contribution in [1.82, 2.24) is 9.80 Å². The third kappa shape index (κ3) is 17.2. The molecule has 2 aliphatic heterocycles. The molecule has 43 heavy (non-hydrogen) atoms. The molecule has 2 fully saturated rings. The number of carbonyl (C=O) groups excluding carboxylic acids is 4. The van der Waals surface area contributed by atoms with Crippen LogP contribution in [0, 0.1) is 0 Å². The van der Waals surface area contributed by atoms with Crippen LogP contribution in [0.15, 0.2) is 0 Å². The van der Waals surface area contributed by atoms with Gasteiger partial charge < -0.3 is 39.0 Å². The minimum atomic E-state index is -1.15. The summed E-state index contributed by atoms with van der Waals surface area (Å²) in [7, 11) is 0. The Kier molecular flexibility index (Phi) is 17.3. The van der Waals surface area contributed by atoms with Gasteiger partial charge in [0.2, 0.25) is 0 Å². The molecular formula is C30H52N2O10Pd. The van der Waals surface area contributed by atoms with Crippen molar-refractivity contribution < 1.29 is 68.8 Å². The fraction of sp³-hybridized carbons (Fsp3) is 0.867. The van der Waals surface area contributed by atoms with Crippen molar-refractivity contribution in [2.75, 3.05) is 39.4 Å². The molecule has 12 nitrogen and oxygen atoms in total. The van der Waals surface area contributed by atoms with Crippen LogP contribution in [0.25, 0.3) is 0 Å². The molecule has 2 saturated heterocycles. The topological polar surface area (TPSA) is 158 Å². The van der Waals surface area contributed by atoms with Crippen LogP contribution >= 0.6 is 0 Å². The number of carbonyl (C=O) groups is 4. The average Bonchev–Trinajstić information content (AvgIpc) is 2.86. The van der Waals surface area contributed by atoms with Gasteiger partial charge in [0, 0.05) is 39.0 Å². The quantitative estimate of drug-likeness (QED) is 0.209. The third-order valence-corrected chi connectivity index (χ3v) is 6.83. The Balaban J connectivity index is 0.000000802. The van der Waals surface area contributed by atoms with Gasteiger partial charge in [0.25, 0.3) is 0 Å². The molecule has 2 rings (SSSR count). The first-order valence-corrected chi connectivity index (χ1v) is 15.0. The number of likely N-dealkylation sites (tertiary alicyclic amines) is 2. The average molecular weight is 707 g/mol.